The summed E-state index contributed by atoms with van der Waals surface area (Å²) in [6, 6.07) is 1.12. The Labute approximate surface area is 214 Å². The van der Waals surface area contributed by atoms with Crippen LogP contribution < -0.4 is 21.8 Å². The van der Waals surface area contributed by atoms with Crippen LogP contribution in [-0.4, -0.2) is 73.3 Å². The summed E-state index contributed by atoms with van der Waals surface area (Å²) >= 11 is 0. The SMILES string of the molecule is CC(C)N1NCC2C(C(=O)N[C@@H](C)C3CCCCC3)CC(C3CCCC(CN(C)CCN)C3)NC21. The topological polar surface area (TPSA) is 85.7 Å². The van der Waals surface area contributed by atoms with Crippen molar-refractivity contribution in [1.82, 2.24) is 26.0 Å². The van der Waals surface area contributed by atoms with Gasteiger partial charge in [0.15, 0.2) is 0 Å². The summed E-state index contributed by atoms with van der Waals surface area (Å²) in [4.78, 5) is 16.2. The molecule has 2 heterocycles. The summed E-state index contributed by atoms with van der Waals surface area (Å²) in [6.45, 7) is 10.5. The van der Waals surface area contributed by atoms with Crippen molar-refractivity contribution in [3.8, 4) is 0 Å². The second-order valence-electron chi connectivity index (χ2n) is 12.6. The maximum atomic E-state index is 13.8. The molecule has 2 saturated heterocycles. The van der Waals surface area contributed by atoms with E-state index in [-0.39, 0.29) is 12.1 Å². The van der Waals surface area contributed by atoms with E-state index < -0.39 is 0 Å². The maximum Gasteiger partial charge on any atom is 0.223 e. The number of nitrogens with zero attached hydrogens (tertiary/aromatic N) is 2. The van der Waals surface area contributed by atoms with Crippen LogP contribution in [0.5, 0.6) is 0 Å². The van der Waals surface area contributed by atoms with Crippen LogP contribution in [0.1, 0.15) is 85.0 Å². The van der Waals surface area contributed by atoms with Gasteiger partial charge in [-0.2, -0.15) is 0 Å². The number of hydrazine groups is 1. The van der Waals surface area contributed by atoms with Gasteiger partial charge >= 0.3 is 0 Å². The van der Waals surface area contributed by atoms with Crippen LogP contribution in [0.15, 0.2) is 0 Å². The summed E-state index contributed by atoms with van der Waals surface area (Å²) in [5.41, 5.74) is 9.44. The number of amides is 1. The molecule has 7 heteroatoms. The first-order valence-corrected chi connectivity index (χ1v) is 14.8. The van der Waals surface area contributed by atoms with Crippen LogP contribution in [0, 0.1) is 29.6 Å². The van der Waals surface area contributed by atoms with Gasteiger partial charge in [0, 0.05) is 56.1 Å². The molecule has 4 rings (SSSR count). The molecule has 2 aliphatic carbocycles. The number of nitrogens with two attached hydrogens (primary N) is 1. The second-order valence-corrected chi connectivity index (χ2v) is 12.6. The lowest BCUT2D eigenvalue weighted by Gasteiger charge is -2.46. The molecule has 4 fully saturated rings. The first-order valence-electron chi connectivity index (χ1n) is 14.8. The van der Waals surface area contributed by atoms with Crippen molar-refractivity contribution in [2.24, 2.45) is 35.3 Å². The molecule has 2 saturated carbocycles. The molecule has 0 aromatic rings. The molecule has 5 N–H and O–H groups in total. The summed E-state index contributed by atoms with van der Waals surface area (Å²) < 4.78 is 0. The van der Waals surface area contributed by atoms with Crippen LogP contribution in [0.3, 0.4) is 0 Å². The number of rotatable bonds is 9. The van der Waals surface area contributed by atoms with E-state index in [4.69, 9.17) is 5.73 Å². The zero-order chi connectivity index (χ0) is 24.9. The van der Waals surface area contributed by atoms with Gasteiger partial charge in [0.2, 0.25) is 5.91 Å². The molecule has 0 aromatic carbocycles. The first-order chi connectivity index (χ1) is 16.9. The standard InChI is InChI=1S/C28H54N6O/c1-19(2)34-27-25(17-30-34)24(28(35)31-20(3)22-10-6-5-7-11-22)16-26(32-27)23-12-8-9-21(15-23)18-33(4)14-13-29/h19-27,30,32H,5-18,29H2,1-4H3,(H,31,35)/t20-,21?,23?,24?,25?,26?,27?/m0/s1. The third kappa shape index (κ3) is 6.78. The summed E-state index contributed by atoms with van der Waals surface area (Å²) in [7, 11) is 2.21. The smallest absolute Gasteiger partial charge is 0.223 e. The van der Waals surface area contributed by atoms with Gasteiger partial charge in [0.25, 0.3) is 0 Å². The number of piperidine rings is 1. The minimum absolute atomic E-state index is 0.0915. The van der Waals surface area contributed by atoms with Crippen LogP contribution in [0.2, 0.25) is 0 Å². The number of carbonyl (C=O) groups excluding carboxylic acids is 1. The first kappa shape index (κ1) is 27.3. The molecule has 4 aliphatic rings. The average Bonchev–Trinajstić information content (AvgIpc) is 3.28. The molecule has 202 valence electrons. The van der Waals surface area contributed by atoms with Gasteiger partial charge in [-0.1, -0.05) is 25.7 Å². The van der Waals surface area contributed by atoms with Crippen LogP contribution >= 0.6 is 0 Å². The lowest BCUT2D eigenvalue weighted by Crippen LogP contribution is -2.62. The minimum atomic E-state index is 0.0915. The van der Waals surface area contributed by atoms with Gasteiger partial charge in [-0.05, 0) is 84.1 Å². The highest BCUT2D eigenvalue weighted by Gasteiger charge is 2.49. The second kappa shape index (κ2) is 12.7. The molecule has 0 aromatic heterocycles. The van der Waals surface area contributed by atoms with Crippen molar-refractivity contribution >= 4 is 5.91 Å². The number of hydrogen-bond donors (Lipinski definition) is 4. The zero-order valence-corrected chi connectivity index (χ0v) is 23.0. The molecule has 35 heavy (non-hydrogen) atoms. The molecule has 2 aliphatic heterocycles. The predicted molar refractivity (Wildman–Crippen MR) is 143 cm³/mol. The van der Waals surface area contributed by atoms with Crippen LogP contribution in [0.4, 0.5) is 0 Å². The zero-order valence-electron chi connectivity index (χ0n) is 23.0. The molecule has 0 spiro atoms. The van der Waals surface area contributed by atoms with Crippen molar-refractivity contribution in [3.05, 3.63) is 0 Å². The van der Waals surface area contributed by atoms with Crippen molar-refractivity contribution in [2.75, 3.05) is 33.2 Å². The lowest BCUT2D eigenvalue weighted by molar-refractivity contribution is -0.130. The molecule has 7 nitrogen and oxygen atoms in total. The molecule has 1 amide bonds. The molecule has 6 unspecified atom stereocenters. The third-order valence-corrected chi connectivity index (χ3v) is 9.72. The Balaban J connectivity index is 1.44. The van der Waals surface area contributed by atoms with Crippen molar-refractivity contribution < 1.29 is 4.79 Å². The summed E-state index contributed by atoms with van der Waals surface area (Å²) in [6.07, 6.45) is 13.0. The van der Waals surface area contributed by atoms with Crippen molar-refractivity contribution in [2.45, 2.75) is 109 Å². The van der Waals surface area contributed by atoms with Gasteiger partial charge in [0.05, 0.1) is 6.17 Å². The number of likely N-dealkylation sites (N-methyl/N-ethyl adjacent to an activating group) is 1. The fourth-order valence-electron chi connectivity index (χ4n) is 7.76. The van der Waals surface area contributed by atoms with E-state index in [2.05, 4.69) is 53.8 Å². The largest absolute Gasteiger partial charge is 0.353 e. The van der Waals surface area contributed by atoms with E-state index >= 15 is 0 Å². The predicted octanol–water partition coefficient (Wildman–Crippen LogP) is 2.92. The van der Waals surface area contributed by atoms with Crippen molar-refractivity contribution in [3.63, 3.8) is 0 Å². The molecule has 7 atom stereocenters. The van der Waals surface area contributed by atoms with Crippen LogP contribution in [0.25, 0.3) is 0 Å². The van der Waals surface area contributed by atoms with Crippen LogP contribution in [-0.2, 0) is 4.79 Å². The Hall–Kier alpha value is -0.730. The average molecular weight is 491 g/mol. The molecular formula is C28H54N6O. The Morgan fingerprint density at radius 2 is 1.86 bits per heavy atom. The highest BCUT2D eigenvalue weighted by atomic mass is 16.2. The normalized spacial score (nSPS) is 35.9. The number of hydrogen-bond acceptors (Lipinski definition) is 6. The Kier molecular flexibility index (Phi) is 9.89. The highest BCUT2D eigenvalue weighted by Crippen LogP contribution is 2.40. The summed E-state index contributed by atoms with van der Waals surface area (Å²) in [5, 5.41) is 9.97. The quantitative estimate of drug-likeness (QED) is 0.398. The maximum absolute atomic E-state index is 13.8. The van der Waals surface area contributed by atoms with E-state index in [9.17, 15) is 4.79 Å². The van der Waals surface area contributed by atoms with E-state index in [1.165, 1.54) is 57.8 Å². The highest BCUT2D eigenvalue weighted by molar-refractivity contribution is 5.79. The van der Waals surface area contributed by atoms with E-state index in [0.717, 1.165) is 38.5 Å². The number of carbonyl (C=O) groups is 1. The fourth-order valence-corrected chi connectivity index (χ4v) is 7.76. The van der Waals surface area contributed by atoms with E-state index in [0.29, 0.717) is 41.8 Å². The molecular weight excluding hydrogens is 436 g/mol. The Bertz CT molecular complexity index is 668. The Morgan fingerprint density at radius 1 is 1.09 bits per heavy atom. The van der Waals surface area contributed by atoms with E-state index in [1.807, 2.05) is 0 Å². The Morgan fingerprint density at radius 3 is 2.57 bits per heavy atom. The fraction of sp³-hybridized carbons (Fsp3) is 0.964. The van der Waals surface area contributed by atoms with E-state index in [1.54, 1.807) is 0 Å². The van der Waals surface area contributed by atoms with Gasteiger partial charge in [-0.15, -0.1) is 0 Å². The lowest BCUT2D eigenvalue weighted by atomic mass is 9.71. The molecule has 0 bridgehead atoms. The van der Waals surface area contributed by atoms with Crippen molar-refractivity contribution in [1.29, 1.82) is 0 Å². The van der Waals surface area contributed by atoms with Gasteiger partial charge in [0.1, 0.15) is 0 Å². The monoisotopic (exact) mass is 490 g/mol. The third-order valence-electron chi connectivity index (χ3n) is 9.72. The van der Waals surface area contributed by atoms with Gasteiger partial charge in [-0.3, -0.25) is 15.5 Å². The van der Waals surface area contributed by atoms with Gasteiger partial charge < -0.3 is 16.0 Å². The summed E-state index contributed by atoms with van der Waals surface area (Å²) in [5.74, 6) is 2.79. The number of nitrogens with one attached hydrogen (secondary N) is 3. The molecule has 0 radical (unpaired) electrons. The number of fused-ring (bicyclic) bond motifs is 1. The minimum Gasteiger partial charge on any atom is -0.353 e. The van der Waals surface area contributed by atoms with Gasteiger partial charge in [-0.25, -0.2) is 5.01 Å².